The summed E-state index contributed by atoms with van der Waals surface area (Å²) in [5.74, 6) is 0.908. The fourth-order valence-corrected chi connectivity index (χ4v) is 1.06. The van der Waals surface area contributed by atoms with E-state index in [1.807, 2.05) is 0 Å². The molecule has 0 aliphatic carbocycles. The zero-order valence-electron chi connectivity index (χ0n) is 7.06. The topological polar surface area (TPSA) is 73.9 Å². The number of ether oxygens (including phenoxy) is 1. The van der Waals surface area contributed by atoms with Gasteiger partial charge in [0.2, 0.25) is 5.95 Å². The first-order valence-corrected chi connectivity index (χ1v) is 3.73. The highest BCUT2D eigenvalue weighted by Gasteiger charge is 1.99. The highest BCUT2D eigenvalue weighted by molar-refractivity contribution is 5.75. The zero-order valence-corrected chi connectivity index (χ0v) is 7.06. The Bertz CT molecular complexity index is 443. The van der Waals surface area contributed by atoms with E-state index in [9.17, 15) is 0 Å². The van der Waals surface area contributed by atoms with E-state index in [0.29, 0.717) is 11.0 Å². The molecule has 0 amide bonds. The highest BCUT2D eigenvalue weighted by Crippen LogP contribution is 2.16. The molecule has 0 aliphatic rings. The molecule has 0 atom stereocenters. The molecule has 0 radical (unpaired) electrons. The molecule has 2 aromatic rings. The van der Waals surface area contributed by atoms with E-state index in [-0.39, 0.29) is 5.95 Å². The van der Waals surface area contributed by atoms with Crippen LogP contribution >= 0.6 is 0 Å². The lowest BCUT2D eigenvalue weighted by molar-refractivity contribution is 0.415. The number of hydrogen-bond donors (Lipinski definition) is 1. The first-order chi connectivity index (χ1) is 6.29. The van der Waals surface area contributed by atoms with Crippen LogP contribution in [0.1, 0.15) is 0 Å². The van der Waals surface area contributed by atoms with Gasteiger partial charge < -0.3 is 10.5 Å². The van der Waals surface area contributed by atoms with Crippen LogP contribution in [0.5, 0.6) is 5.75 Å². The number of aromatic nitrogens is 3. The molecule has 66 valence electrons. The quantitative estimate of drug-likeness (QED) is 0.689. The number of rotatable bonds is 1. The Labute approximate surface area is 74.6 Å². The smallest absolute Gasteiger partial charge is 0.240 e. The monoisotopic (exact) mass is 176 g/mol. The molecule has 0 aliphatic heterocycles. The Balaban J connectivity index is 2.66. The minimum atomic E-state index is 0.178. The van der Waals surface area contributed by atoms with Gasteiger partial charge in [-0.3, -0.25) is 0 Å². The first kappa shape index (κ1) is 7.72. The summed E-state index contributed by atoms with van der Waals surface area (Å²) in [4.78, 5) is 4.00. The molecular formula is C8H8N4O. The summed E-state index contributed by atoms with van der Waals surface area (Å²) in [7, 11) is 1.60. The van der Waals surface area contributed by atoms with Crippen molar-refractivity contribution in [1.29, 1.82) is 0 Å². The second kappa shape index (κ2) is 2.85. The van der Waals surface area contributed by atoms with Gasteiger partial charge in [-0.15, -0.1) is 10.2 Å². The van der Waals surface area contributed by atoms with Crippen molar-refractivity contribution < 1.29 is 4.74 Å². The van der Waals surface area contributed by atoms with Crippen LogP contribution in [0.15, 0.2) is 18.2 Å². The van der Waals surface area contributed by atoms with E-state index >= 15 is 0 Å². The number of nitrogen functional groups attached to an aromatic ring is 1. The third kappa shape index (κ3) is 1.35. The minimum absolute atomic E-state index is 0.178. The molecule has 5 nitrogen and oxygen atoms in total. The van der Waals surface area contributed by atoms with E-state index in [1.165, 1.54) is 0 Å². The summed E-state index contributed by atoms with van der Waals surface area (Å²) in [5, 5.41) is 7.52. The van der Waals surface area contributed by atoms with E-state index in [2.05, 4.69) is 15.2 Å². The van der Waals surface area contributed by atoms with E-state index in [0.717, 1.165) is 5.75 Å². The Morgan fingerprint density at radius 3 is 2.85 bits per heavy atom. The number of benzene rings is 1. The van der Waals surface area contributed by atoms with E-state index in [4.69, 9.17) is 10.5 Å². The summed E-state index contributed by atoms with van der Waals surface area (Å²) in [6, 6.07) is 5.35. The fourth-order valence-electron chi connectivity index (χ4n) is 1.06. The normalized spacial score (nSPS) is 10.2. The summed E-state index contributed by atoms with van der Waals surface area (Å²) >= 11 is 0. The van der Waals surface area contributed by atoms with Gasteiger partial charge in [-0.2, -0.15) is 0 Å². The van der Waals surface area contributed by atoms with Gasteiger partial charge in [0.25, 0.3) is 0 Å². The number of methoxy groups -OCH3 is 1. The van der Waals surface area contributed by atoms with Crippen LogP contribution in [0.3, 0.4) is 0 Å². The van der Waals surface area contributed by atoms with Gasteiger partial charge in [0.05, 0.1) is 12.6 Å². The van der Waals surface area contributed by atoms with Gasteiger partial charge in [0.15, 0.2) is 0 Å². The van der Waals surface area contributed by atoms with Crippen molar-refractivity contribution >= 4 is 17.0 Å². The predicted molar refractivity (Wildman–Crippen MR) is 48.3 cm³/mol. The lowest BCUT2D eigenvalue weighted by atomic mass is 10.3. The van der Waals surface area contributed by atoms with Gasteiger partial charge >= 0.3 is 0 Å². The van der Waals surface area contributed by atoms with Crippen molar-refractivity contribution in [3.8, 4) is 5.75 Å². The van der Waals surface area contributed by atoms with Gasteiger partial charge in [0.1, 0.15) is 11.3 Å². The van der Waals surface area contributed by atoms with Gasteiger partial charge in [-0.25, -0.2) is 4.98 Å². The maximum Gasteiger partial charge on any atom is 0.240 e. The van der Waals surface area contributed by atoms with Crippen molar-refractivity contribution in [2.24, 2.45) is 0 Å². The molecule has 1 heterocycles. The number of hydrogen-bond acceptors (Lipinski definition) is 5. The lowest BCUT2D eigenvalue weighted by Crippen LogP contribution is -1.97. The molecule has 1 aromatic heterocycles. The Morgan fingerprint density at radius 2 is 2.08 bits per heavy atom. The van der Waals surface area contributed by atoms with Gasteiger partial charge in [0, 0.05) is 6.07 Å². The average molecular weight is 176 g/mol. The molecule has 13 heavy (non-hydrogen) atoms. The van der Waals surface area contributed by atoms with Crippen LogP contribution in [0, 0.1) is 0 Å². The summed E-state index contributed by atoms with van der Waals surface area (Å²) in [6.45, 7) is 0. The average Bonchev–Trinajstić information content (AvgIpc) is 2.17. The van der Waals surface area contributed by atoms with E-state index < -0.39 is 0 Å². The van der Waals surface area contributed by atoms with Gasteiger partial charge in [-0.1, -0.05) is 0 Å². The second-order valence-electron chi connectivity index (χ2n) is 2.52. The van der Waals surface area contributed by atoms with Crippen LogP contribution in [0.4, 0.5) is 5.95 Å². The Kier molecular flexibility index (Phi) is 1.70. The fraction of sp³-hybridized carbons (Fsp3) is 0.125. The van der Waals surface area contributed by atoms with Crippen LogP contribution in [-0.2, 0) is 0 Å². The largest absolute Gasteiger partial charge is 0.497 e. The minimum Gasteiger partial charge on any atom is -0.497 e. The van der Waals surface area contributed by atoms with Crippen LogP contribution in [0.25, 0.3) is 11.0 Å². The molecule has 2 rings (SSSR count). The third-order valence-electron chi connectivity index (χ3n) is 1.68. The summed E-state index contributed by atoms with van der Waals surface area (Å²) in [5.41, 5.74) is 6.77. The van der Waals surface area contributed by atoms with Crippen molar-refractivity contribution in [1.82, 2.24) is 15.2 Å². The van der Waals surface area contributed by atoms with E-state index in [1.54, 1.807) is 25.3 Å². The van der Waals surface area contributed by atoms with Crippen molar-refractivity contribution in [3.63, 3.8) is 0 Å². The lowest BCUT2D eigenvalue weighted by Gasteiger charge is -2.00. The summed E-state index contributed by atoms with van der Waals surface area (Å²) < 4.78 is 5.03. The summed E-state index contributed by atoms with van der Waals surface area (Å²) in [6.07, 6.45) is 0. The standard InChI is InChI=1S/C8H8N4O/c1-13-5-2-3-6-7(4-5)11-12-8(9)10-6/h2-4H,1H3,(H2,9,10,12). The molecule has 0 unspecified atom stereocenters. The van der Waals surface area contributed by atoms with Gasteiger partial charge in [-0.05, 0) is 12.1 Å². The molecule has 0 bridgehead atoms. The number of nitrogens with two attached hydrogens (primary N) is 1. The number of fused-ring (bicyclic) bond motifs is 1. The second-order valence-corrected chi connectivity index (χ2v) is 2.52. The maximum atomic E-state index is 5.38. The molecule has 0 fully saturated rings. The SMILES string of the molecule is COc1ccc2nc(N)nnc2c1. The number of anilines is 1. The highest BCUT2D eigenvalue weighted by atomic mass is 16.5. The maximum absolute atomic E-state index is 5.38. The van der Waals surface area contributed by atoms with Crippen molar-refractivity contribution in [2.75, 3.05) is 12.8 Å². The Morgan fingerprint density at radius 1 is 1.23 bits per heavy atom. The van der Waals surface area contributed by atoms with Crippen LogP contribution in [0.2, 0.25) is 0 Å². The van der Waals surface area contributed by atoms with Crippen LogP contribution in [-0.4, -0.2) is 22.3 Å². The predicted octanol–water partition coefficient (Wildman–Crippen LogP) is 0.616. The molecule has 1 aromatic carbocycles. The first-order valence-electron chi connectivity index (χ1n) is 3.73. The molecular weight excluding hydrogens is 168 g/mol. The molecule has 5 heteroatoms. The molecule has 2 N–H and O–H groups in total. The third-order valence-corrected chi connectivity index (χ3v) is 1.68. The van der Waals surface area contributed by atoms with Crippen molar-refractivity contribution in [3.05, 3.63) is 18.2 Å². The molecule has 0 saturated carbocycles. The van der Waals surface area contributed by atoms with Crippen LogP contribution < -0.4 is 10.5 Å². The Hall–Kier alpha value is -1.91. The van der Waals surface area contributed by atoms with Crippen molar-refractivity contribution in [2.45, 2.75) is 0 Å². The zero-order chi connectivity index (χ0) is 9.26. The molecule has 0 saturated heterocycles. The number of nitrogens with zero attached hydrogens (tertiary/aromatic N) is 3. The molecule has 0 spiro atoms.